The van der Waals surface area contributed by atoms with Crippen molar-refractivity contribution in [1.29, 1.82) is 0 Å². The van der Waals surface area contributed by atoms with Gasteiger partial charge in [-0.15, -0.1) is 11.3 Å². The van der Waals surface area contributed by atoms with Crippen LogP contribution in [0.5, 0.6) is 5.75 Å². The molecule has 0 atom stereocenters. The maximum atomic E-state index is 5.52. The van der Waals surface area contributed by atoms with Crippen LogP contribution in [0.1, 0.15) is 34.6 Å². The quantitative estimate of drug-likeness (QED) is 0.496. The van der Waals surface area contributed by atoms with Crippen LogP contribution in [-0.4, -0.2) is 12.1 Å². The zero-order chi connectivity index (χ0) is 20.2. The Balaban J connectivity index is 0.000000855. The minimum atomic E-state index is 0.853. The van der Waals surface area contributed by atoms with E-state index in [1.807, 2.05) is 70.5 Å². The highest BCUT2D eigenvalue weighted by atomic mass is 32.1. The molecule has 4 heteroatoms. The molecule has 0 radical (unpaired) electrons. The van der Waals surface area contributed by atoms with Crippen LogP contribution in [0.4, 0.5) is 5.69 Å². The molecule has 3 aromatic rings. The van der Waals surface area contributed by atoms with Gasteiger partial charge in [0.1, 0.15) is 10.8 Å². The monoisotopic (exact) mass is 382 g/mol. The lowest BCUT2D eigenvalue weighted by Crippen LogP contribution is -1.93. The Morgan fingerprint density at radius 2 is 1.63 bits per heavy atom. The molecule has 3 nitrogen and oxygen atoms in total. The first-order chi connectivity index (χ1) is 13.2. The molecule has 0 bridgehead atoms. The average Bonchev–Trinajstić information content (AvgIpc) is 3.26. The van der Waals surface area contributed by atoms with Gasteiger partial charge in [0, 0.05) is 34.1 Å². The van der Waals surface area contributed by atoms with Gasteiger partial charge in [-0.25, -0.2) is 4.98 Å². The van der Waals surface area contributed by atoms with E-state index in [-0.39, 0.29) is 0 Å². The number of nitrogens with zero attached hydrogens (tertiary/aromatic N) is 1. The van der Waals surface area contributed by atoms with Crippen molar-refractivity contribution in [3.05, 3.63) is 66.3 Å². The lowest BCUT2D eigenvalue weighted by Gasteiger charge is -2.11. The number of hydrogen-bond acceptors (Lipinski definition) is 4. The molecule has 0 aliphatic heterocycles. The highest BCUT2D eigenvalue weighted by Gasteiger charge is 2.09. The van der Waals surface area contributed by atoms with Gasteiger partial charge in [0.15, 0.2) is 0 Å². The van der Waals surface area contributed by atoms with Crippen molar-refractivity contribution in [2.75, 3.05) is 12.4 Å². The van der Waals surface area contributed by atoms with E-state index < -0.39 is 0 Å². The molecule has 0 spiro atoms. The normalized spacial score (nSPS) is 9.26. The molecular weight excluding hydrogens is 352 g/mol. The molecular formula is C23H30N2OS. The predicted octanol–water partition coefficient (Wildman–Crippen LogP) is 7.48. The van der Waals surface area contributed by atoms with Gasteiger partial charge in [0.2, 0.25) is 0 Å². The van der Waals surface area contributed by atoms with Crippen LogP contribution in [0, 0.1) is 0 Å². The molecule has 1 aromatic heterocycles. The minimum absolute atomic E-state index is 0.853. The first-order valence-electron chi connectivity index (χ1n) is 9.28. The second-order valence-corrected chi connectivity index (χ2v) is 6.13. The number of nitrogens with one attached hydrogen (secondary N) is 1. The zero-order valence-corrected chi connectivity index (χ0v) is 18.0. The van der Waals surface area contributed by atoms with Crippen LogP contribution in [-0.2, 0) is 0 Å². The van der Waals surface area contributed by atoms with Crippen molar-refractivity contribution in [3.8, 4) is 27.4 Å². The van der Waals surface area contributed by atoms with E-state index in [0.29, 0.717) is 0 Å². The largest absolute Gasteiger partial charge is 0.496 e. The lowest BCUT2D eigenvalue weighted by atomic mass is 10.0. The highest BCUT2D eigenvalue weighted by Crippen LogP contribution is 2.35. The maximum Gasteiger partial charge on any atom is 0.126 e. The summed E-state index contributed by atoms with van der Waals surface area (Å²) >= 11 is 1.63. The Morgan fingerprint density at radius 1 is 1.00 bits per heavy atom. The smallest absolute Gasteiger partial charge is 0.126 e. The molecule has 1 N–H and O–H groups in total. The van der Waals surface area contributed by atoms with Gasteiger partial charge >= 0.3 is 0 Å². The Morgan fingerprint density at radius 3 is 2.15 bits per heavy atom. The van der Waals surface area contributed by atoms with E-state index >= 15 is 0 Å². The number of aromatic nitrogens is 1. The number of anilines is 1. The number of thiazole rings is 1. The SMILES string of the molecule is C=C(C)Nc1ccc(-c2cc(-c3nccs3)ccc2OC)cc1.CC.CC. The molecule has 3 rings (SSSR count). The summed E-state index contributed by atoms with van der Waals surface area (Å²) in [4.78, 5) is 4.38. The van der Waals surface area contributed by atoms with Crippen LogP contribution in [0.3, 0.4) is 0 Å². The van der Waals surface area contributed by atoms with Gasteiger partial charge in [0.25, 0.3) is 0 Å². The molecule has 0 unspecified atom stereocenters. The summed E-state index contributed by atoms with van der Waals surface area (Å²) in [5, 5.41) is 6.20. The molecule has 0 saturated heterocycles. The first kappa shape index (κ1) is 22.5. The Labute approximate surface area is 167 Å². The summed E-state index contributed by atoms with van der Waals surface area (Å²) in [5.74, 6) is 0.853. The van der Waals surface area contributed by atoms with E-state index in [9.17, 15) is 0 Å². The fourth-order valence-electron chi connectivity index (χ4n) is 2.41. The standard InChI is InChI=1S/C19H18N2OS.2C2H6/c1-13(2)21-16-7-4-14(5-8-16)17-12-15(6-9-18(17)22-3)19-20-10-11-23-19;2*1-2/h4-12,21H,1H2,2-3H3;2*1-2H3. The fraction of sp³-hybridized carbons (Fsp3) is 0.261. The van der Waals surface area contributed by atoms with Crippen LogP contribution in [0.15, 0.2) is 66.3 Å². The molecule has 0 saturated carbocycles. The number of ether oxygens (including phenoxy) is 1. The number of rotatable bonds is 5. The third kappa shape index (κ3) is 6.26. The minimum Gasteiger partial charge on any atom is -0.496 e. The van der Waals surface area contributed by atoms with Crippen molar-refractivity contribution >= 4 is 17.0 Å². The van der Waals surface area contributed by atoms with Crippen molar-refractivity contribution < 1.29 is 4.74 Å². The number of benzene rings is 2. The lowest BCUT2D eigenvalue weighted by molar-refractivity contribution is 0.416. The fourth-order valence-corrected chi connectivity index (χ4v) is 3.05. The van der Waals surface area contributed by atoms with E-state index in [1.54, 1.807) is 18.4 Å². The van der Waals surface area contributed by atoms with Crippen molar-refractivity contribution in [2.24, 2.45) is 0 Å². The van der Waals surface area contributed by atoms with Crippen molar-refractivity contribution in [2.45, 2.75) is 34.6 Å². The van der Waals surface area contributed by atoms with E-state index in [2.05, 4.69) is 35.1 Å². The first-order valence-corrected chi connectivity index (χ1v) is 10.2. The third-order valence-corrected chi connectivity index (χ3v) is 4.25. The zero-order valence-electron chi connectivity index (χ0n) is 17.2. The van der Waals surface area contributed by atoms with Crippen LogP contribution in [0.25, 0.3) is 21.7 Å². The number of hydrogen-bond donors (Lipinski definition) is 1. The molecule has 1 heterocycles. The Hall–Kier alpha value is -2.59. The van der Waals surface area contributed by atoms with Gasteiger partial charge in [-0.2, -0.15) is 0 Å². The van der Waals surface area contributed by atoms with Gasteiger partial charge in [-0.1, -0.05) is 46.4 Å². The predicted molar refractivity (Wildman–Crippen MR) is 121 cm³/mol. The van der Waals surface area contributed by atoms with Crippen LogP contribution >= 0.6 is 11.3 Å². The van der Waals surface area contributed by atoms with E-state index in [1.165, 1.54) is 0 Å². The maximum absolute atomic E-state index is 5.52. The van der Waals surface area contributed by atoms with Gasteiger partial charge in [-0.3, -0.25) is 0 Å². The molecule has 2 aromatic carbocycles. The summed E-state index contributed by atoms with van der Waals surface area (Å²) in [6.07, 6.45) is 1.82. The molecule has 0 amide bonds. The molecule has 27 heavy (non-hydrogen) atoms. The van der Waals surface area contributed by atoms with E-state index in [0.717, 1.165) is 38.8 Å². The molecule has 0 aliphatic carbocycles. The summed E-state index contributed by atoms with van der Waals surface area (Å²) in [5.41, 5.74) is 5.20. The second-order valence-electron chi connectivity index (χ2n) is 5.24. The summed E-state index contributed by atoms with van der Waals surface area (Å²) in [6.45, 7) is 13.8. The summed E-state index contributed by atoms with van der Waals surface area (Å²) in [7, 11) is 1.69. The second kappa shape index (κ2) is 11.9. The van der Waals surface area contributed by atoms with Crippen LogP contribution < -0.4 is 10.1 Å². The van der Waals surface area contributed by atoms with Gasteiger partial charge in [0.05, 0.1) is 7.11 Å². The topological polar surface area (TPSA) is 34.2 Å². The van der Waals surface area contributed by atoms with Gasteiger partial charge in [-0.05, 0) is 42.8 Å². The van der Waals surface area contributed by atoms with Crippen LogP contribution in [0.2, 0.25) is 0 Å². The highest BCUT2D eigenvalue weighted by molar-refractivity contribution is 7.13. The van der Waals surface area contributed by atoms with Crippen molar-refractivity contribution in [3.63, 3.8) is 0 Å². The third-order valence-electron chi connectivity index (χ3n) is 3.43. The van der Waals surface area contributed by atoms with Gasteiger partial charge < -0.3 is 10.1 Å². The molecule has 144 valence electrons. The summed E-state index contributed by atoms with van der Waals surface area (Å²) < 4.78 is 5.52. The average molecular weight is 383 g/mol. The molecule has 0 aliphatic rings. The van der Waals surface area contributed by atoms with E-state index in [4.69, 9.17) is 4.74 Å². The Bertz CT molecular complexity index is 809. The number of methoxy groups -OCH3 is 1. The number of allylic oxidation sites excluding steroid dienone is 1. The summed E-state index contributed by atoms with van der Waals surface area (Å²) in [6, 6.07) is 14.4. The molecule has 0 fully saturated rings. The Kier molecular flexibility index (Phi) is 9.91. The van der Waals surface area contributed by atoms with Crippen molar-refractivity contribution in [1.82, 2.24) is 4.98 Å².